The summed E-state index contributed by atoms with van der Waals surface area (Å²) in [6.07, 6.45) is 10.8. The number of hydrogen-bond acceptors (Lipinski definition) is 8. The van der Waals surface area contributed by atoms with Crippen LogP contribution < -0.4 is 16.8 Å². The summed E-state index contributed by atoms with van der Waals surface area (Å²) in [5.74, 6) is 1.39. The molecule has 2 aliphatic rings. The van der Waals surface area contributed by atoms with E-state index in [2.05, 4.69) is 40.3 Å². The number of nitrogens with zero attached hydrogens (tertiary/aromatic N) is 3. The van der Waals surface area contributed by atoms with Crippen molar-refractivity contribution in [2.75, 3.05) is 41.0 Å². The lowest BCUT2D eigenvalue weighted by atomic mass is 9.89. The van der Waals surface area contributed by atoms with Crippen LogP contribution in [0.2, 0.25) is 0 Å². The molecule has 2 aromatic carbocycles. The van der Waals surface area contributed by atoms with Gasteiger partial charge in [0.15, 0.2) is 0 Å². The summed E-state index contributed by atoms with van der Waals surface area (Å²) < 4.78 is 4.44. The van der Waals surface area contributed by atoms with Crippen molar-refractivity contribution in [1.82, 2.24) is 15.2 Å². The Morgan fingerprint density at radius 1 is 1.07 bits per heavy atom. The van der Waals surface area contributed by atoms with Gasteiger partial charge >= 0.3 is 0 Å². The zero-order valence-electron chi connectivity index (χ0n) is 24.0. The Balaban J connectivity index is 0.000000260. The number of aliphatic imine (C=N–C) groups is 1. The highest BCUT2D eigenvalue weighted by molar-refractivity contribution is 6.04. The predicted octanol–water partition coefficient (Wildman–Crippen LogP) is 4.71. The number of likely N-dealkylation sites (N-methyl/N-ethyl adjacent to an activating group) is 1. The van der Waals surface area contributed by atoms with Gasteiger partial charge in [0.2, 0.25) is 0 Å². The van der Waals surface area contributed by atoms with Gasteiger partial charge in [-0.05, 0) is 44.5 Å². The average molecular weight is 545 g/mol. The van der Waals surface area contributed by atoms with Gasteiger partial charge in [-0.1, -0.05) is 67.8 Å². The Morgan fingerprint density at radius 2 is 1.80 bits per heavy atom. The van der Waals surface area contributed by atoms with Gasteiger partial charge in [-0.15, -0.1) is 0 Å². The number of ether oxygens (including phenoxy) is 1. The summed E-state index contributed by atoms with van der Waals surface area (Å²) >= 11 is 0. The van der Waals surface area contributed by atoms with Gasteiger partial charge < -0.3 is 31.5 Å². The summed E-state index contributed by atoms with van der Waals surface area (Å²) in [4.78, 5) is 10.8. The highest BCUT2D eigenvalue weighted by Crippen LogP contribution is 2.25. The van der Waals surface area contributed by atoms with E-state index in [0.29, 0.717) is 23.8 Å². The highest BCUT2D eigenvalue weighted by Gasteiger charge is 2.16. The van der Waals surface area contributed by atoms with Gasteiger partial charge in [-0.3, -0.25) is 0 Å². The number of amidine groups is 1. The Bertz CT molecular complexity index is 1280. The smallest absolute Gasteiger partial charge is 0.149 e. The summed E-state index contributed by atoms with van der Waals surface area (Å²) in [6.45, 7) is 1.80. The van der Waals surface area contributed by atoms with Gasteiger partial charge in [0.1, 0.15) is 11.5 Å². The van der Waals surface area contributed by atoms with Crippen LogP contribution in [0.4, 0.5) is 0 Å². The molecule has 0 amide bonds. The van der Waals surface area contributed by atoms with Crippen molar-refractivity contribution in [1.29, 1.82) is 0 Å². The van der Waals surface area contributed by atoms with E-state index in [9.17, 15) is 0 Å². The van der Waals surface area contributed by atoms with E-state index in [1.165, 1.54) is 38.6 Å². The van der Waals surface area contributed by atoms with Crippen LogP contribution in [0.25, 0.3) is 27.9 Å². The third kappa shape index (κ3) is 8.91. The summed E-state index contributed by atoms with van der Waals surface area (Å²) in [5, 5.41) is 12.2. The molecule has 0 bridgehead atoms. The zero-order valence-corrected chi connectivity index (χ0v) is 24.0. The third-order valence-corrected chi connectivity index (χ3v) is 6.94. The molecule has 40 heavy (non-hydrogen) atoms. The lowest BCUT2D eigenvalue weighted by molar-refractivity contribution is 0.135. The number of pyridine rings is 1. The normalized spacial score (nSPS) is 16.4. The first-order valence-electron chi connectivity index (χ1n) is 13.9. The van der Waals surface area contributed by atoms with Crippen molar-refractivity contribution in [2.45, 2.75) is 32.1 Å². The molecular weight excluding hydrogens is 500 g/mol. The van der Waals surface area contributed by atoms with Crippen LogP contribution in [0.5, 0.6) is 0 Å². The maximum absolute atomic E-state index is 7.94. The number of fused-ring (bicyclic) bond motifs is 1. The fourth-order valence-electron chi connectivity index (χ4n) is 4.82. The highest BCUT2D eigenvalue weighted by atomic mass is 16.5. The number of hydrogen-bond donors (Lipinski definition) is 4. The summed E-state index contributed by atoms with van der Waals surface area (Å²) in [5.41, 5.74) is 17.5. The first-order valence-corrected chi connectivity index (χ1v) is 13.9. The Hall–Kier alpha value is -3.72. The van der Waals surface area contributed by atoms with Crippen LogP contribution >= 0.6 is 0 Å². The van der Waals surface area contributed by atoms with Crippen LogP contribution in [0.3, 0.4) is 0 Å². The zero-order chi connectivity index (χ0) is 28.7. The third-order valence-electron chi connectivity index (χ3n) is 6.94. The second-order valence-corrected chi connectivity index (χ2v) is 9.93. The van der Waals surface area contributed by atoms with Crippen molar-refractivity contribution in [3.05, 3.63) is 84.3 Å². The van der Waals surface area contributed by atoms with E-state index >= 15 is 0 Å². The first kappa shape index (κ1) is 30.8. The molecule has 5 rings (SSSR count). The van der Waals surface area contributed by atoms with Crippen LogP contribution in [-0.4, -0.2) is 61.8 Å². The topological polar surface area (TPSA) is 122 Å². The van der Waals surface area contributed by atoms with E-state index in [0.717, 1.165) is 33.6 Å². The lowest BCUT2D eigenvalue weighted by Crippen LogP contribution is -2.30. The van der Waals surface area contributed by atoms with E-state index in [4.69, 9.17) is 21.6 Å². The predicted molar refractivity (Wildman–Crippen MR) is 166 cm³/mol. The molecule has 8 heteroatoms. The van der Waals surface area contributed by atoms with Crippen molar-refractivity contribution >= 4 is 22.4 Å². The van der Waals surface area contributed by atoms with Crippen molar-refractivity contribution < 1.29 is 9.84 Å². The number of rotatable bonds is 6. The number of aliphatic hydroxyl groups is 1. The van der Waals surface area contributed by atoms with Gasteiger partial charge in [0.05, 0.1) is 30.1 Å². The van der Waals surface area contributed by atoms with E-state index < -0.39 is 0 Å². The number of benzene rings is 2. The van der Waals surface area contributed by atoms with Crippen LogP contribution in [0.15, 0.2) is 83.8 Å². The number of aliphatic hydroxyl groups excluding tert-OH is 1. The minimum atomic E-state index is 0.122. The largest absolute Gasteiger partial charge is 0.396 e. The SMILES string of the molecule is CN1C=CN=C(N)/C1=C(/N)c1ccc2ccc(-c3ccccc3)nc2c1.CNCC1CCCCC1.COCCO. The number of nitrogens with one attached hydrogen (secondary N) is 1. The molecule has 0 unspecified atom stereocenters. The second kappa shape index (κ2) is 16.4. The molecule has 0 radical (unpaired) electrons. The van der Waals surface area contributed by atoms with Crippen LogP contribution in [-0.2, 0) is 4.74 Å². The van der Waals surface area contributed by atoms with Crippen molar-refractivity contribution in [3.8, 4) is 11.3 Å². The molecule has 6 N–H and O–H groups in total. The molecule has 214 valence electrons. The van der Waals surface area contributed by atoms with Crippen molar-refractivity contribution in [2.24, 2.45) is 22.4 Å². The van der Waals surface area contributed by atoms with E-state index in [-0.39, 0.29) is 6.61 Å². The minimum absolute atomic E-state index is 0.122. The number of aromatic nitrogens is 1. The molecule has 3 aromatic rings. The van der Waals surface area contributed by atoms with Gasteiger partial charge in [0.25, 0.3) is 0 Å². The van der Waals surface area contributed by atoms with Crippen molar-refractivity contribution in [3.63, 3.8) is 0 Å². The number of nitrogens with two attached hydrogens (primary N) is 2. The molecule has 0 atom stereocenters. The molecule has 0 saturated heterocycles. The maximum atomic E-state index is 7.94. The fourth-order valence-corrected chi connectivity index (χ4v) is 4.82. The minimum Gasteiger partial charge on any atom is -0.396 e. The van der Waals surface area contributed by atoms with E-state index in [1.54, 1.807) is 13.3 Å². The second-order valence-electron chi connectivity index (χ2n) is 9.93. The molecule has 2 heterocycles. The summed E-state index contributed by atoms with van der Waals surface area (Å²) in [6, 6.07) is 20.2. The Labute approximate surface area is 238 Å². The van der Waals surface area contributed by atoms with Crippen LogP contribution in [0.1, 0.15) is 37.7 Å². The molecule has 1 saturated carbocycles. The first-order chi connectivity index (χ1) is 19.5. The molecule has 1 aromatic heterocycles. The van der Waals surface area contributed by atoms with Gasteiger partial charge in [-0.2, -0.15) is 0 Å². The summed E-state index contributed by atoms with van der Waals surface area (Å²) in [7, 11) is 5.50. The van der Waals surface area contributed by atoms with Crippen LogP contribution in [0, 0.1) is 5.92 Å². The molecule has 0 spiro atoms. The van der Waals surface area contributed by atoms with Gasteiger partial charge in [-0.25, -0.2) is 9.98 Å². The monoisotopic (exact) mass is 544 g/mol. The molecule has 1 aliphatic heterocycles. The quantitative estimate of drug-likeness (QED) is 0.354. The molecule has 1 fully saturated rings. The lowest BCUT2D eigenvalue weighted by Gasteiger charge is -2.23. The standard InChI is InChI=1S/C21H19N5.C8H17N.C3H8O2/c1-26-12-11-24-21(23)20(26)19(22)16-8-7-15-9-10-17(25-18(15)13-16)14-5-3-2-4-6-14;1-9-7-8-5-3-2-4-6-8;1-5-3-2-4/h2-13H,22H2,1H3,(H2,23,24);8-9H,2-7H2,1H3;4H,2-3H2,1H3/b20-19-;;. The molecular formula is C32H44N6O2. The maximum Gasteiger partial charge on any atom is 0.149 e. The molecule has 8 nitrogen and oxygen atoms in total. The number of methoxy groups -OCH3 is 1. The average Bonchev–Trinajstić information content (AvgIpc) is 2.99. The molecule has 1 aliphatic carbocycles. The van der Waals surface area contributed by atoms with Gasteiger partial charge in [0, 0.05) is 43.1 Å². The Morgan fingerprint density at radius 3 is 2.42 bits per heavy atom. The van der Waals surface area contributed by atoms with E-state index in [1.807, 2.05) is 60.6 Å². The fraction of sp³-hybridized carbons (Fsp3) is 0.375. The Kier molecular flexibility index (Phi) is 12.6.